The summed E-state index contributed by atoms with van der Waals surface area (Å²) in [6.07, 6.45) is -1.81. The van der Waals surface area contributed by atoms with Crippen LogP contribution < -0.4 is 20.0 Å². The quantitative estimate of drug-likeness (QED) is 0.141. The Labute approximate surface area is 318 Å². The number of amides is 4. The summed E-state index contributed by atoms with van der Waals surface area (Å²) in [5, 5.41) is 2.76. The van der Waals surface area contributed by atoms with Crippen molar-refractivity contribution >= 4 is 64.0 Å². The van der Waals surface area contributed by atoms with Gasteiger partial charge in [0.2, 0.25) is 0 Å². The third kappa shape index (κ3) is 11.2. The summed E-state index contributed by atoms with van der Waals surface area (Å²) >= 11 is 0. The van der Waals surface area contributed by atoms with Gasteiger partial charge in [-0.15, -0.1) is 0 Å². The fourth-order valence-corrected chi connectivity index (χ4v) is 5.01. The predicted octanol–water partition coefficient (Wildman–Crippen LogP) is 11.4. The lowest BCUT2D eigenvalue weighted by Crippen LogP contribution is -2.35. The monoisotopic (exact) mass is 734 g/mol. The molecule has 11 nitrogen and oxygen atoms in total. The lowest BCUT2D eigenvalue weighted by atomic mass is 10.1. The van der Waals surface area contributed by atoms with E-state index >= 15 is 0 Å². The Kier molecular flexibility index (Phi) is 12.3. The number of nitrogens with zero attached hydrogens (tertiary/aromatic N) is 3. The van der Waals surface area contributed by atoms with Crippen molar-refractivity contribution in [3.63, 3.8) is 0 Å². The van der Waals surface area contributed by atoms with Crippen molar-refractivity contribution in [1.29, 1.82) is 0 Å². The molecule has 0 aliphatic heterocycles. The van der Waals surface area contributed by atoms with Gasteiger partial charge in [-0.2, -0.15) is 0 Å². The first kappa shape index (κ1) is 40.7. The molecule has 0 spiro atoms. The largest absolute Gasteiger partial charge is 0.443 e. The van der Waals surface area contributed by atoms with Gasteiger partial charge < -0.3 is 19.5 Å². The minimum absolute atomic E-state index is 0.317. The van der Waals surface area contributed by atoms with Gasteiger partial charge in [-0.25, -0.2) is 29.1 Å². The normalized spacial score (nSPS) is 11.5. The smallest absolute Gasteiger partial charge is 0.419 e. The molecule has 4 aromatic rings. The number of nitrogens with one attached hydrogen (secondary N) is 1. The average molecular weight is 735 g/mol. The molecule has 0 saturated heterocycles. The second-order valence-electron chi connectivity index (χ2n) is 15.6. The second-order valence-corrected chi connectivity index (χ2v) is 15.6. The molecule has 11 heteroatoms. The van der Waals surface area contributed by atoms with Crippen LogP contribution >= 0.6 is 0 Å². The molecule has 0 heterocycles. The van der Waals surface area contributed by atoms with Crippen molar-refractivity contribution in [2.75, 3.05) is 20.0 Å². The minimum Gasteiger partial charge on any atom is -0.443 e. The number of rotatable bonds is 8. The van der Waals surface area contributed by atoms with Crippen LogP contribution in [0, 0.1) is 0 Å². The van der Waals surface area contributed by atoms with Gasteiger partial charge in [-0.3, -0.25) is 4.79 Å². The molecule has 0 unspecified atom stereocenters. The molecule has 0 saturated carbocycles. The summed E-state index contributed by atoms with van der Waals surface area (Å²) in [4.78, 5) is 57.3. The second kappa shape index (κ2) is 16.3. The van der Waals surface area contributed by atoms with Crippen molar-refractivity contribution in [2.45, 2.75) is 86.0 Å². The standard InChI is InChI=1S/C43H50N4O7/c1-29(2)37(48)44-30-17-19-32(20-18-30)46(39(50)53-42(6,7)8)34-25-27-36(28-26-34)47(40(51)54-43(9,10)11)35-23-21-33(22-24-35)45(31-15-13-12-14-16-31)38(49)52-41(3,4)5/h12-28H,1H2,2-11H3,(H,44,48). The number of ether oxygens (including phenoxy) is 3. The molecule has 0 aromatic heterocycles. The van der Waals surface area contributed by atoms with Gasteiger partial charge in [0.1, 0.15) is 16.8 Å². The molecule has 4 amide bonds. The zero-order valence-corrected chi connectivity index (χ0v) is 32.7. The first-order valence-corrected chi connectivity index (χ1v) is 17.5. The van der Waals surface area contributed by atoms with Gasteiger partial charge in [0.05, 0.1) is 34.1 Å². The topological polar surface area (TPSA) is 118 Å². The van der Waals surface area contributed by atoms with E-state index < -0.39 is 35.1 Å². The van der Waals surface area contributed by atoms with E-state index in [4.69, 9.17) is 14.2 Å². The highest BCUT2D eigenvalue weighted by Gasteiger charge is 2.29. The SMILES string of the molecule is C=C(C)C(=O)Nc1ccc(N(C(=O)OC(C)(C)C)c2ccc(N(C(=O)OC(C)(C)C)c3ccc(N(C(=O)OC(C)(C)C)c4ccccc4)cc3)cc2)cc1. The lowest BCUT2D eigenvalue weighted by molar-refractivity contribution is -0.112. The van der Waals surface area contributed by atoms with Gasteiger partial charge in [0, 0.05) is 11.3 Å². The van der Waals surface area contributed by atoms with E-state index in [2.05, 4.69) is 11.9 Å². The Balaban J connectivity index is 1.74. The van der Waals surface area contributed by atoms with Crippen molar-refractivity contribution in [2.24, 2.45) is 0 Å². The summed E-state index contributed by atoms with van der Waals surface area (Å²) < 4.78 is 17.3. The van der Waals surface area contributed by atoms with E-state index in [-0.39, 0.29) is 5.91 Å². The van der Waals surface area contributed by atoms with Gasteiger partial charge in [0.25, 0.3) is 5.91 Å². The Morgan fingerprint density at radius 3 is 0.981 bits per heavy atom. The molecule has 284 valence electrons. The van der Waals surface area contributed by atoms with Gasteiger partial charge in [-0.05, 0) is 154 Å². The highest BCUT2D eigenvalue weighted by molar-refractivity contribution is 6.03. The molecule has 4 aromatic carbocycles. The van der Waals surface area contributed by atoms with Crippen molar-refractivity contribution in [3.05, 3.63) is 115 Å². The van der Waals surface area contributed by atoms with Gasteiger partial charge >= 0.3 is 18.3 Å². The number of hydrogen-bond acceptors (Lipinski definition) is 7. The first-order valence-electron chi connectivity index (χ1n) is 17.5. The lowest BCUT2D eigenvalue weighted by Gasteiger charge is -2.30. The first-order chi connectivity index (χ1) is 25.1. The minimum atomic E-state index is -0.806. The number of carbonyl (C=O) groups is 4. The molecule has 4 rings (SSSR count). The molecule has 0 atom stereocenters. The van der Waals surface area contributed by atoms with E-state index in [1.165, 1.54) is 14.7 Å². The van der Waals surface area contributed by atoms with Crippen LogP contribution in [-0.2, 0) is 19.0 Å². The third-order valence-corrected chi connectivity index (χ3v) is 7.25. The van der Waals surface area contributed by atoms with Crippen molar-refractivity contribution in [3.8, 4) is 0 Å². The molecule has 54 heavy (non-hydrogen) atoms. The molecule has 0 fully saturated rings. The van der Waals surface area contributed by atoms with E-state index in [0.29, 0.717) is 45.4 Å². The summed E-state index contributed by atoms with van der Waals surface area (Å²) in [6, 6.07) is 29.6. The van der Waals surface area contributed by atoms with E-state index in [0.717, 1.165) is 0 Å². The number of para-hydroxylation sites is 1. The third-order valence-electron chi connectivity index (χ3n) is 7.25. The zero-order valence-electron chi connectivity index (χ0n) is 32.7. The fourth-order valence-electron chi connectivity index (χ4n) is 5.01. The number of benzene rings is 4. The van der Waals surface area contributed by atoms with Crippen LogP contribution in [0.2, 0.25) is 0 Å². The van der Waals surface area contributed by atoms with Crippen LogP contribution in [0.5, 0.6) is 0 Å². The average Bonchev–Trinajstić information content (AvgIpc) is 3.05. The zero-order chi connectivity index (χ0) is 40.0. The van der Waals surface area contributed by atoms with Crippen LogP contribution in [0.3, 0.4) is 0 Å². The van der Waals surface area contributed by atoms with Crippen LogP contribution in [-0.4, -0.2) is 41.0 Å². The predicted molar refractivity (Wildman–Crippen MR) is 214 cm³/mol. The summed E-state index contributed by atoms with van der Waals surface area (Å²) in [7, 11) is 0. The van der Waals surface area contributed by atoms with Crippen molar-refractivity contribution < 1.29 is 33.4 Å². The maximum Gasteiger partial charge on any atom is 0.419 e. The molecular weight excluding hydrogens is 684 g/mol. The van der Waals surface area contributed by atoms with Crippen LogP contribution in [0.25, 0.3) is 0 Å². The summed E-state index contributed by atoms with van der Waals surface area (Å²) in [5.41, 5.74) is 1.57. The maximum absolute atomic E-state index is 13.8. The Bertz CT molecular complexity index is 1950. The Hall–Kier alpha value is -6.10. The van der Waals surface area contributed by atoms with Gasteiger partial charge in [0.15, 0.2) is 0 Å². The molecule has 0 bridgehead atoms. The van der Waals surface area contributed by atoms with E-state index in [1.54, 1.807) is 142 Å². The van der Waals surface area contributed by atoms with Crippen molar-refractivity contribution in [1.82, 2.24) is 0 Å². The highest BCUT2D eigenvalue weighted by atomic mass is 16.6. The molecule has 0 aliphatic carbocycles. The molecule has 1 N–H and O–H groups in total. The van der Waals surface area contributed by atoms with E-state index in [1.807, 2.05) is 30.3 Å². The number of anilines is 7. The molecule has 0 aliphatic rings. The van der Waals surface area contributed by atoms with Crippen LogP contribution in [0.15, 0.2) is 115 Å². The molecular formula is C43H50N4O7. The number of carbonyl (C=O) groups excluding carboxylic acids is 4. The highest BCUT2D eigenvalue weighted by Crippen LogP contribution is 2.36. The maximum atomic E-state index is 13.8. The summed E-state index contributed by atoms with van der Waals surface area (Å²) in [5.74, 6) is -0.317. The van der Waals surface area contributed by atoms with Gasteiger partial charge in [-0.1, -0.05) is 24.8 Å². The molecule has 0 radical (unpaired) electrons. The van der Waals surface area contributed by atoms with Crippen LogP contribution in [0.4, 0.5) is 54.2 Å². The Morgan fingerprint density at radius 1 is 0.463 bits per heavy atom. The van der Waals surface area contributed by atoms with Crippen LogP contribution in [0.1, 0.15) is 69.2 Å². The summed E-state index contributed by atoms with van der Waals surface area (Å²) in [6.45, 7) is 21.4. The number of hydrogen-bond donors (Lipinski definition) is 1. The fraction of sp³-hybridized carbons (Fsp3) is 0.302. The van der Waals surface area contributed by atoms with E-state index in [9.17, 15) is 19.2 Å². The Morgan fingerprint density at radius 2 is 0.722 bits per heavy atom.